The van der Waals surface area contributed by atoms with E-state index in [1.807, 2.05) is 12.1 Å². The summed E-state index contributed by atoms with van der Waals surface area (Å²) in [5, 5.41) is 1.80. The molecule has 0 nitrogen and oxygen atoms in total. The third-order valence-corrected chi connectivity index (χ3v) is 4.73. The van der Waals surface area contributed by atoms with Crippen molar-refractivity contribution in [3.8, 4) is 0 Å². The van der Waals surface area contributed by atoms with Crippen molar-refractivity contribution in [2.24, 2.45) is 5.92 Å². The van der Waals surface area contributed by atoms with Crippen LogP contribution in [0.5, 0.6) is 0 Å². The lowest BCUT2D eigenvalue weighted by Crippen LogP contribution is -2.09. The third kappa shape index (κ3) is 4.94. The van der Waals surface area contributed by atoms with E-state index < -0.39 is 0 Å². The molecule has 100 valence electrons. The van der Waals surface area contributed by atoms with Crippen LogP contribution in [0.3, 0.4) is 0 Å². The van der Waals surface area contributed by atoms with Crippen molar-refractivity contribution in [3.63, 3.8) is 0 Å². The molecule has 1 atom stereocenters. The Labute approximate surface area is 136 Å². The van der Waals surface area contributed by atoms with Crippen LogP contribution in [-0.4, -0.2) is 5.33 Å². The van der Waals surface area contributed by atoms with Crippen LogP contribution in [-0.2, 0) is 12.8 Å². The first-order chi connectivity index (χ1) is 9.17. The third-order valence-electron chi connectivity index (χ3n) is 3.07. The average molecular weight is 403 g/mol. The Kier molecular flexibility index (Phi) is 5.93. The number of rotatable bonds is 5. The van der Waals surface area contributed by atoms with E-state index in [0.29, 0.717) is 5.92 Å². The van der Waals surface area contributed by atoms with Crippen LogP contribution in [0.25, 0.3) is 0 Å². The molecule has 0 bridgehead atoms. The number of hydrogen-bond donors (Lipinski definition) is 0. The molecule has 1 unspecified atom stereocenters. The molecule has 0 heterocycles. The van der Waals surface area contributed by atoms with E-state index in [1.54, 1.807) is 0 Å². The topological polar surface area (TPSA) is 0 Å². The van der Waals surface area contributed by atoms with Crippen LogP contribution in [0.4, 0.5) is 0 Å². The lowest BCUT2D eigenvalue weighted by Gasteiger charge is -2.14. The quantitative estimate of drug-likeness (QED) is 0.546. The fourth-order valence-electron chi connectivity index (χ4n) is 2.13. The van der Waals surface area contributed by atoms with Crippen LogP contribution < -0.4 is 0 Å². The van der Waals surface area contributed by atoms with E-state index in [2.05, 4.69) is 68.3 Å². The van der Waals surface area contributed by atoms with E-state index in [4.69, 9.17) is 11.6 Å². The number of hydrogen-bond acceptors (Lipinski definition) is 0. The second kappa shape index (κ2) is 7.47. The van der Waals surface area contributed by atoms with Gasteiger partial charge in [-0.3, -0.25) is 0 Å². The summed E-state index contributed by atoms with van der Waals surface area (Å²) in [5.41, 5.74) is 2.71. The second-order valence-corrected chi connectivity index (χ2v) is 6.68. The van der Waals surface area contributed by atoms with Crippen LogP contribution in [0.2, 0.25) is 5.02 Å². The van der Waals surface area contributed by atoms with Gasteiger partial charge in [0.05, 0.1) is 0 Å². The molecule has 0 aliphatic carbocycles. The van der Waals surface area contributed by atoms with Crippen molar-refractivity contribution in [1.29, 1.82) is 0 Å². The van der Waals surface area contributed by atoms with E-state index in [9.17, 15) is 0 Å². The average Bonchev–Trinajstić information content (AvgIpc) is 2.40. The van der Waals surface area contributed by atoms with Crippen molar-refractivity contribution < 1.29 is 0 Å². The molecule has 0 fully saturated rings. The maximum atomic E-state index is 5.91. The van der Waals surface area contributed by atoms with Crippen molar-refractivity contribution in [3.05, 3.63) is 69.2 Å². The maximum absolute atomic E-state index is 5.91. The molecule has 2 rings (SSSR count). The summed E-state index contributed by atoms with van der Waals surface area (Å²) in [6, 6.07) is 16.7. The van der Waals surface area contributed by atoms with Crippen molar-refractivity contribution in [2.75, 3.05) is 5.33 Å². The first-order valence-electron chi connectivity index (χ1n) is 6.22. The molecule has 0 aliphatic rings. The van der Waals surface area contributed by atoms with E-state index in [1.165, 1.54) is 11.1 Å². The first-order valence-corrected chi connectivity index (χ1v) is 8.51. The molecule has 0 saturated heterocycles. The Hall–Kier alpha value is -0.310. The Morgan fingerprint density at radius 1 is 0.947 bits per heavy atom. The molecule has 0 saturated carbocycles. The lowest BCUT2D eigenvalue weighted by atomic mass is 9.94. The van der Waals surface area contributed by atoms with Crippen LogP contribution in [0.1, 0.15) is 11.1 Å². The minimum Gasteiger partial charge on any atom is -0.0925 e. The Morgan fingerprint density at radius 2 is 1.63 bits per heavy atom. The highest BCUT2D eigenvalue weighted by Gasteiger charge is 2.10. The second-order valence-electron chi connectivity index (χ2n) is 4.68. The molecule has 0 amide bonds. The highest BCUT2D eigenvalue weighted by atomic mass is 79.9. The van der Waals surface area contributed by atoms with Gasteiger partial charge >= 0.3 is 0 Å². The molecule has 0 N–H and O–H groups in total. The number of alkyl halides is 1. The Balaban J connectivity index is 2.02. The van der Waals surface area contributed by atoms with Crippen LogP contribution >= 0.6 is 43.5 Å². The van der Waals surface area contributed by atoms with Gasteiger partial charge in [0.1, 0.15) is 0 Å². The summed E-state index contributed by atoms with van der Waals surface area (Å²) in [5.74, 6) is 0.593. The van der Waals surface area contributed by atoms with E-state index >= 15 is 0 Å². The molecule has 3 heteroatoms. The van der Waals surface area contributed by atoms with Gasteiger partial charge in [-0.05, 0) is 54.2 Å². The summed E-state index contributed by atoms with van der Waals surface area (Å²) < 4.78 is 1.14. The molecular formula is C16H15Br2Cl. The minimum atomic E-state index is 0.593. The van der Waals surface area contributed by atoms with E-state index in [-0.39, 0.29) is 0 Å². The highest BCUT2D eigenvalue weighted by molar-refractivity contribution is 9.10. The van der Waals surface area contributed by atoms with Gasteiger partial charge in [0.2, 0.25) is 0 Å². The predicted molar refractivity (Wildman–Crippen MR) is 90.3 cm³/mol. The van der Waals surface area contributed by atoms with E-state index in [0.717, 1.165) is 27.7 Å². The lowest BCUT2D eigenvalue weighted by molar-refractivity contribution is 0.591. The van der Waals surface area contributed by atoms with Crippen molar-refractivity contribution >= 4 is 43.5 Å². The zero-order valence-corrected chi connectivity index (χ0v) is 14.4. The fourth-order valence-corrected chi connectivity index (χ4v) is 3.16. The normalized spacial score (nSPS) is 12.4. The maximum Gasteiger partial charge on any atom is 0.0406 e. The van der Waals surface area contributed by atoms with Crippen LogP contribution in [0, 0.1) is 5.92 Å². The first kappa shape index (κ1) is 15.1. The standard InChI is InChI=1S/C16H15Br2Cl/c17-11-14(8-12-4-6-16(19)7-5-12)9-13-2-1-3-15(18)10-13/h1-7,10,14H,8-9,11H2. The minimum absolute atomic E-state index is 0.593. The van der Waals surface area contributed by atoms with Crippen molar-refractivity contribution in [1.82, 2.24) is 0 Å². The molecular weight excluding hydrogens is 387 g/mol. The molecule has 0 spiro atoms. The highest BCUT2D eigenvalue weighted by Crippen LogP contribution is 2.20. The zero-order chi connectivity index (χ0) is 13.7. The molecule has 2 aromatic rings. The molecule has 2 aromatic carbocycles. The SMILES string of the molecule is Clc1ccc(CC(CBr)Cc2cccc(Br)c2)cc1. The largest absolute Gasteiger partial charge is 0.0925 e. The zero-order valence-electron chi connectivity index (χ0n) is 10.5. The molecule has 0 aromatic heterocycles. The summed E-state index contributed by atoms with van der Waals surface area (Å²) >= 11 is 13.1. The Morgan fingerprint density at radius 3 is 2.26 bits per heavy atom. The molecule has 0 aliphatic heterocycles. The number of halogens is 3. The smallest absolute Gasteiger partial charge is 0.0406 e. The fraction of sp³-hybridized carbons (Fsp3) is 0.250. The van der Waals surface area contributed by atoms with Gasteiger partial charge in [-0.1, -0.05) is 67.7 Å². The van der Waals surface area contributed by atoms with Gasteiger partial charge in [0, 0.05) is 14.8 Å². The summed E-state index contributed by atoms with van der Waals surface area (Å²) in [6.07, 6.45) is 2.14. The van der Waals surface area contributed by atoms with Gasteiger partial charge in [-0.25, -0.2) is 0 Å². The summed E-state index contributed by atoms with van der Waals surface area (Å²) in [6.45, 7) is 0. The van der Waals surface area contributed by atoms with Gasteiger partial charge in [-0.2, -0.15) is 0 Å². The van der Waals surface area contributed by atoms with Gasteiger partial charge in [-0.15, -0.1) is 0 Å². The Bertz CT molecular complexity index is 523. The summed E-state index contributed by atoms with van der Waals surface area (Å²) in [7, 11) is 0. The monoisotopic (exact) mass is 400 g/mol. The van der Waals surface area contributed by atoms with Crippen molar-refractivity contribution in [2.45, 2.75) is 12.8 Å². The van der Waals surface area contributed by atoms with Gasteiger partial charge < -0.3 is 0 Å². The van der Waals surface area contributed by atoms with Gasteiger partial charge in [0.15, 0.2) is 0 Å². The molecule has 0 radical (unpaired) electrons. The van der Waals surface area contributed by atoms with Crippen LogP contribution in [0.15, 0.2) is 53.0 Å². The number of benzene rings is 2. The predicted octanol–water partition coefficient (Wildman–Crippen LogP) is 5.90. The molecule has 19 heavy (non-hydrogen) atoms. The van der Waals surface area contributed by atoms with Gasteiger partial charge in [0.25, 0.3) is 0 Å². The summed E-state index contributed by atoms with van der Waals surface area (Å²) in [4.78, 5) is 0.